The van der Waals surface area contributed by atoms with Gasteiger partial charge in [-0.1, -0.05) is 25.1 Å². The van der Waals surface area contributed by atoms with Crippen molar-refractivity contribution in [3.05, 3.63) is 58.5 Å². The van der Waals surface area contributed by atoms with Crippen LogP contribution in [0.4, 0.5) is 5.69 Å². The number of anilines is 1. The van der Waals surface area contributed by atoms with Crippen LogP contribution < -0.4 is 15.6 Å². The molecule has 1 N–H and O–H groups in total. The zero-order valence-corrected chi connectivity index (χ0v) is 14.6. The van der Waals surface area contributed by atoms with Crippen molar-refractivity contribution in [2.45, 2.75) is 39.2 Å². The van der Waals surface area contributed by atoms with Crippen molar-refractivity contribution in [2.24, 2.45) is 0 Å². The summed E-state index contributed by atoms with van der Waals surface area (Å²) in [6.45, 7) is 6.32. The number of nitrogens with one attached hydrogen (secondary N) is 1. The van der Waals surface area contributed by atoms with Crippen LogP contribution in [0.2, 0.25) is 0 Å². The van der Waals surface area contributed by atoms with Crippen molar-refractivity contribution in [1.82, 2.24) is 4.57 Å². The van der Waals surface area contributed by atoms with Crippen molar-refractivity contribution in [1.29, 1.82) is 0 Å². The van der Waals surface area contributed by atoms with Crippen LogP contribution in [0, 0.1) is 0 Å². The minimum atomic E-state index is -0.779. The lowest BCUT2D eigenvalue weighted by Crippen LogP contribution is -2.35. The van der Waals surface area contributed by atoms with Crippen LogP contribution in [0.15, 0.2) is 47.4 Å². The number of aromatic nitrogens is 1. The molecule has 2 rings (SSSR count). The summed E-state index contributed by atoms with van der Waals surface area (Å²) in [5.41, 5.74) is 0.569. The quantitative estimate of drug-likeness (QED) is 0.886. The molecule has 0 fully saturated rings. The van der Waals surface area contributed by atoms with Crippen molar-refractivity contribution in [3.8, 4) is 5.75 Å². The Hall–Kier alpha value is -2.56. The molecular formula is C19H24N2O3. The van der Waals surface area contributed by atoms with E-state index in [4.69, 9.17) is 4.74 Å². The van der Waals surface area contributed by atoms with Crippen LogP contribution in [0.5, 0.6) is 5.75 Å². The van der Waals surface area contributed by atoms with Gasteiger partial charge in [-0.2, -0.15) is 0 Å². The molecule has 0 unspecified atom stereocenters. The van der Waals surface area contributed by atoms with Gasteiger partial charge in [0.25, 0.3) is 5.56 Å². The number of rotatable bonds is 6. The number of carbonyl (C=O) groups excluding carboxylic acids is 1. The van der Waals surface area contributed by atoms with Crippen LogP contribution in [-0.4, -0.2) is 17.6 Å². The van der Waals surface area contributed by atoms with Crippen molar-refractivity contribution < 1.29 is 9.53 Å². The van der Waals surface area contributed by atoms with Crippen LogP contribution in [0.25, 0.3) is 0 Å². The van der Waals surface area contributed by atoms with Crippen LogP contribution in [0.3, 0.4) is 0 Å². The zero-order valence-electron chi connectivity index (χ0n) is 14.6. The number of amides is 1. The number of benzene rings is 1. The summed E-state index contributed by atoms with van der Waals surface area (Å²) in [5, 5.41) is 2.90. The van der Waals surface area contributed by atoms with Crippen LogP contribution in [-0.2, 0) is 16.8 Å². The highest BCUT2D eigenvalue weighted by Crippen LogP contribution is 2.32. The smallest absolute Gasteiger partial charge is 0.250 e. The predicted octanol–water partition coefficient (Wildman–Crippen LogP) is 3.18. The zero-order chi connectivity index (χ0) is 17.7. The third-order valence-electron chi connectivity index (χ3n) is 4.05. The number of para-hydroxylation sites is 1. The van der Waals surface area contributed by atoms with E-state index < -0.39 is 5.41 Å². The highest BCUT2D eigenvalue weighted by Gasteiger charge is 2.32. The maximum Gasteiger partial charge on any atom is 0.250 e. The molecule has 24 heavy (non-hydrogen) atoms. The normalized spacial score (nSPS) is 11.2. The van der Waals surface area contributed by atoms with E-state index in [1.165, 1.54) is 6.07 Å². The minimum Gasteiger partial charge on any atom is -0.496 e. The van der Waals surface area contributed by atoms with E-state index >= 15 is 0 Å². The summed E-state index contributed by atoms with van der Waals surface area (Å²) in [6.07, 6.45) is 2.53. The van der Waals surface area contributed by atoms with Crippen LogP contribution >= 0.6 is 0 Å². The minimum absolute atomic E-state index is 0.0705. The Kier molecular flexibility index (Phi) is 5.44. The average molecular weight is 328 g/mol. The molecule has 1 aromatic carbocycles. The third-order valence-corrected chi connectivity index (χ3v) is 4.05. The van der Waals surface area contributed by atoms with E-state index in [1.54, 1.807) is 23.9 Å². The van der Waals surface area contributed by atoms with Gasteiger partial charge in [0.1, 0.15) is 5.75 Å². The van der Waals surface area contributed by atoms with Gasteiger partial charge in [0.2, 0.25) is 5.91 Å². The maximum atomic E-state index is 12.8. The summed E-state index contributed by atoms with van der Waals surface area (Å²) < 4.78 is 6.98. The number of nitrogens with zero attached hydrogens (tertiary/aromatic N) is 1. The van der Waals surface area contributed by atoms with Crippen molar-refractivity contribution >= 4 is 11.6 Å². The molecule has 0 radical (unpaired) electrons. The fourth-order valence-electron chi connectivity index (χ4n) is 2.59. The number of ether oxygens (including phenoxy) is 1. The fraction of sp³-hybridized carbons (Fsp3) is 0.368. The van der Waals surface area contributed by atoms with Gasteiger partial charge in [0, 0.05) is 24.4 Å². The Morgan fingerprint density at radius 1 is 1.21 bits per heavy atom. The lowest BCUT2D eigenvalue weighted by atomic mass is 9.83. The summed E-state index contributed by atoms with van der Waals surface area (Å²) in [4.78, 5) is 24.6. The monoisotopic (exact) mass is 328 g/mol. The maximum absolute atomic E-state index is 12.8. The van der Waals surface area contributed by atoms with Crippen molar-refractivity contribution in [3.63, 3.8) is 0 Å². The van der Waals surface area contributed by atoms with E-state index in [2.05, 4.69) is 5.32 Å². The highest BCUT2D eigenvalue weighted by atomic mass is 16.5. The molecule has 0 spiro atoms. The molecule has 0 saturated heterocycles. The van der Waals surface area contributed by atoms with Gasteiger partial charge in [0.05, 0.1) is 18.2 Å². The molecular weight excluding hydrogens is 304 g/mol. The highest BCUT2D eigenvalue weighted by molar-refractivity contribution is 5.98. The van der Waals surface area contributed by atoms with E-state index in [9.17, 15) is 9.59 Å². The molecule has 128 valence electrons. The SMILES string of the molecule is CCCn1cc(NC(=O)C(C)(C)c2ccccc2OC)ccc1=O. The molecule has 0 atom stereocenters. The summed E-state index contributed by atoms with van der Waals surface area (Å²) in [5.74, 6) is 0.516. The average Bonchev–Trinajstić information content (AvgIpc) is 2.58. The lowest BCUT2D eigenvalue weighted by Gasteiger charge is -2.26. The first kappa shape index (κ1) is 17.8. The van der Waals surface area contributed by atoms with Crippen molar-refractivity contribution in [2.75, 3.05) is 12.4 Å². The van der Waals surface area contributed by atoms with Crippen LogP contribution in [0.1, 0.15) is 32.8 Å². The van der Waals surface area contributed by atoms with Gasteiger partial charge in [-0.05, 0) is 32.4 Å². The number of pyridine rings is 1. The standard InChI is InChI=1S/C19H24N2O3/c1-5-12-21-13-14(10-11-17(21)22)20-18(23)19(2,3)15-8-6-7-9-16(15)24-4/h6-11,13H,5,12H2,1-4H3,(H,20,23). The van der Waals surface area contributed by atoms with Gasteiger partial charge >= 0.3 is 0 Å². The number of carbonyl (C=O) groups is 1. The van der Waals surface area contributed by atoms with E-state index in [-0.39, 0.29) is 11.5 Å². The third kappa shape index (κ3) is 3.67. The molecule has 0 saturated carbocycles. The van der Waals surface area contributed by atoms with Gasteiger partial charge in [0.15, 0.2) is 0 Å². The first-order valence-corrected chi connectivity index (χ1v) is 8.05. The largest absolute Gasteiger partial charge is 0.496 e. The van der Waals surface area contributed by atoms with Gasteiger partial charge in [-0.25, -0.2) is 0 Å². The second-order valence-corrected chi connectivity index (χ2v) is 6.23. The molecule has 1 amide bonds. The molecule has 0 aliphatic rings. The molecule has 0 aliphatic heterocycles. The predicted molar refractivity (Wildman–Crippen MR) is 95.6 cm³/mol. The number of hydrogen-bond donors (Lipinski definition) is 1. The fourth-order valence-corrected chi connectivity index (χ4v) is 2.59. The van der Waals surface area contributed by atoms with Gasteiger partial charge < -0.3 is 14.6 Å². The Morgan fingerprint density at radius 2 is 1.92 bits per heavy atom. The van der Waals surface area contributed by atoms with Gasteiger partial charge in [-0.3, -0.25) is 9.59 Å². The van der Waals surface area contributed by atoms with Gasteiger partial charge in [-0.15, -0.1) is 0 Å². The molecule has 5 nitrogen and oxygen atoms in total. The summed E-state index contributed by atoms with van der Waals surface area (Å²) in [6, 6.07) is 10.6. The molecule has 0 aliphatic carbocycles. The molecule has 1 heterocycles. The topological polar surface area (TPSA) is 60.3 Å². The second-order valence-electron chi connectivity index (χ2n) is 6.23. The summed E-state index contributed by atoms with van der Waals surface area (Å²) >= 11 is 0. The number of hydrogen-bond acceptors (Lipinski definition) is 3. The Morgan fingerprint density at radius 3 is 2.58 bits per heavy atom. The molecule has 5 heteroatoms. The lowest BCUT2D eigenvalue weighted by molar-refractivity contribution is -0.120. The Balaban J connectivity index is 2.28. The first-order chi connectivity index (χ1) is 11.4. The molecule has 2 aromatic rings. The molecule has 1 aromatic heterocycles. The van der Waals surface area contributed by atoms with E-state index in [0.29, 0.717) is 18.0 Å². The first-order valence-electron chi connectivity index (χ1n) is 8.05. The summed E-state index contributed by atoms with van der Waals surface area (Å²) in [7, 11) is 1.59. The Labute approximate surface area is 142 Å². The number of aryl methyl sites for hydroxylation is 1. The Bertz CT molecular complexity index is 778. The van der Waals surface area contributed by atoms with E-state index in [1.807, 2.05) is 45.0 Å². The molecule has 0 bridgehead atoms. The second kappa shape index (κ2) is 7.34. The van der Waals surface area contributed by atoms with E-state index in [0.717, 1.165) is 12.0 Å². The number of methoxy groups -OCH3 is 1.